The summed E-state index contributed by atoms with van der Waals surface area (Å²) in [6.07, 6.45) is -2.58. The number of para-hydroxylation sites is 1. The number of Topliss-reactive ketones (excluding diaryl/α,β-unsaturated/α-hetero) is 2. The van der Waals surface area contributed by atoms with E-state index in [0.717, 1.165) is 3.97 Å². The molecular weight excluding hydrogens is 522 g/mol. The fourth-order valence-corrected chi connectivity index (χ4v) is 6.62. The summed E-state index contributed by atoms with van der Waals surface area (Å²) >= 11 is 0. The normalized spacial score (nSPS) is 20.1. The SMILES string of the molecule is CC1(C)O[C@H](C(=O)CO[Si](C)(C)C(C)(C)C)[C@H](C(=O)c2cc3ccccc3n2S(=O)(=O)c2ccccc2)O1. The van der Waals surface area contributed by atoms with E-state index in [0.29, 0.717) is 10.9 Å². The summed E-state index contributed by atoms with van der Waals surface area (Å²) < 4.78 is 46.4. The van der Waals surface area contributed by atoms with Crippen molar-refractivity contribution in [3.63, 3.8) is 0 Å². The third-order valence-electron chi connectivity index (χ3n) is 7.25. The van der Waals surface area contributed by atoms with E-state index in [9.17, 15) is 18.0 Å². The number of nitrogens with zero attached hydrogens (tertiary/aromatic N) is 1. The molecule has 0 N–H and O–H groups in total. The molecule has 8 nitrogen and oxygen atoms in total. The quantitative estimate of drug-likeness (QED) is 0.278. The summed E-state index contributed by atoms with van der Waals surface area (Å²) in [5.74, 6) is -2.31. The molecule has 1 aromatic heterocycles. The zero-order valence-electron chi connectivity index (χ0n) is 22.8. The molecule has 0 unspecified atom stereocenters. The lowest BCUT2D eigenvalue weighted by atomic mass is 10.0. The van der Waals surface area contributed by atoms with Gasteiger partial charge in [-0.1, -0.05) is 57.2 Å². The second-order valence-corrected chi connectivity index (χ2v) is 18.1. The zero-order chi connectivity index (χ0) is 28.1. The highest BCUT2D eigenvalue weighted by molar-refractivity contribution is 7.90. The average Bonchev–Trinajstić information content (AvgIpc) is 3.40. The molecule has 2 aromatic carbocycles. The predicted octanol–water partition coefficient (Wildman–Crippen LogP) is 5.17. The van der Waals surface area contributed by atoms with E-state index in [4.69, 9.17) is 13.9 Å². The molecule has 3 aromatic rings. The maximum absolute atomic E-state index is 14.0. The number of carbonyl (C=O) groups excluding carboxylic acids is 2. The molecule has 0 amide bonds. The van der Waals surface area contributed by atoms with E-state index in [1.165, 1.54) is 18.2 Å². The van der Waals surface area contributed by atoms with Gasteiger partial charge in [0, 0.05) is 5.39 Å². The maximum Gasteiger partial charge on any atom is 0.268 e. The third-order valence-corrected chi connectivity index (χ3v) is 13.5. The van der Waals surface area contributed by atoms with Crippen molar-refractivity contribution >= 4 is 40.8 Å². The minimum Gasteiger partial charge on any atom is -0.409 e. The first-order valence-electron chi connectivity index (χ1n) is 12.5. The molecule has 10 heteroatoms. The standard InChI is InChI=1S/C28H35NO7SSi/c1-27(2,3)38(6,7)34-18-23(30)25-26(36-28(4,5)35-25)24(31)22-17-19-13-11-12-16-21(19)29(22)37(32,33)20-14-9-8-10-15-20/h8-17,25-26H,18H2,1-7H3/t25-,26+/m1/s1. The fraction of sp³-hybridized carbons (Fsp3) is 0.429. The molecule has 38 heavy (non-hydrogen) atoms. The molecule has 1 aliphatic heterocycles. The summed E-state index contributed by atoms with van der Waals surface area (Å²) in [4.78, 5) is 27.4. The van der Waals surface area contributed by atoms with Crippen LogP contribution in [0.2, 0.25) is 18.1 Å². The molecule has 0 bridgehead atoms. The summed E-state index contributed by atoms with van der Waals surface area (Å²) in [7, 11) is -6.39. The fourth-order valence-electron chi connectivity index (χ4n) is 4.14. The minimum absolute atomic E-state index is 0.0368. The second-order valence-electron chi connectivity index (χ2n) is 11.5. The molecule has 1 aliphatic rings. The van der Waals surface area contributed by atoms with Gasteiger partial charge in [-0.3, -0.25) is 9.59 Å². The highest BCUT2D eigenvalue weighted by Crippen LogP contribution is 2.37. The van der Waals surface area contributed by atoms with Gasteiger partial charge in [-0.2, -0.15) is 0 Å². The Bertz CT molecular complexity index is 1470. The summed E-state index contributed by atoms with van der Waals surface area (Å²) in [6.45, 7) is 13.3. The number of hydrogen-bond donors (Lipinski definition) is 0. The Labute approximate surface area is 225 Å². The largest absolute Gasteiger partial charge is 0.409 e. The molecule has 2 heterocycles. The van der Waals surface area contributed by atoms with Crippen LogP contribution in [0.3, 0.4) is 0 Å². The van der Waals surface area contributed by atoms with Gasteiger partial charge in [-0.25, -0.2) is 12.4 Å². The first-order chi connectivity index (χ1) is 17.6. The molecule has 0 radical (unpaired) electrons. The monoisotopic (exact) mass is 557 g/mol. The highest BCUT2D eigenvalue weighted by atomic mass is 32.2. The number of rotatable bonds is 8. The van der Waals surface area contributed by atoms with Crippen LogP contribution in [0.1, 0.15) is 45.1 Å². The Hall–Kier alpha value is -2.63. The van der Waals surface area contributed by atoms with E-state index < -0.39 is 47.9 Å². The number of benzene rings is 2. The Morgan fingerprint density at radius 1 is 0.974 bits per heavy atom. The number of ketones is 2. The van der Waals surface area contributed by atoms with Crippen molar-refractivity contribution in [2.75, 3.05) is 6.61 Å². The Kier molecular flexibility index (Phi) is 7.35. The maximum atomic E-state index is 14.0. The minimum atomic E-state index is -4.14. The van der Waals surface area contributed by atoms with Crippen molar-refractivity contribution in [1.29, 1.82) is 0 Å². The van der Waals surface area contributed by atoms with Crippen molar-refractivity contribution in [2.24, 2.45) is 0 Å². The summed E-state index contributed by atoms with van der Waals surface area (Å²) in [5.41, 5.74) is 0.242. The topological polar surface area (TPSA) is 101 Å². The molecule has 0 spiro atoms. The van der Waals surface area contributed by atoms with Gasteiger partial charge in [0.2, 0.25) is 5.78 Å². The lowest BCUT2D eigenvalue weighted by molar-refractivity contribution is -0.154. The van der Waals surface area contributed by atoms with Gasteiger partial charge in [0.15, 0.2) is 32.1 Å². The van der Waals surface area contributed by atoms with Crippen LogP contribution >= 0.6 is 0 Å². The number of carbonyl (C=O) groups is 2. The Balaban J connectivity index is 1.74. The molecule has 2 atom stereocenters. The first-order valence-corrected chi connectivity index (χ1v) is 16.9. The van der Waals surface area contributed by atoms with Gasteiger partial charge in [0.05, 0.1) is 17.0 Å². The lowest BCUT2D eigenvalue weighted by Gasteiger charge is -2.36. The van der Waals surface area contributed by atoms with E-state index in [-0.39, 0.29) is 22.2 Å². The van der Waals surface area contributed by atoms with Crippen LogP contribution < -0.4 is 0 Å². The molecule has 204 valence electrons. The third kappa shape index (κ3) is 5.28. The second kappa shape index (κ2) is 9.84. The van der Waals surface area contributed by atoms with Gasteiger partial charge >= 0.3 is 0 Å². The zero-order valence-corrected chi connectivity index (χ0v) is 24.7. The molecule has 4 rings (SSSR count). The van der Waals surface area contributed by atoms with Gasteiger partial charge in [-0.05, 0) is 56.2 Å². The van der Waals surface area contributed by atoms with Gasteiger partial charge in [-0.15, -0.1) is 0 Å². The van der Waals surface area contributed by atoms with E-state index >= 15 is 0 Å². The van der Waals surface area contributed by atoms with Gasteiger partial charge in [0.25, 0.3) is 10.0 Å². The average molecular weight is 558 g/mol. The Morgan fingerprint density at radius 2 is 1.55 bits per heavy atom. The molecule has 0 aliphatic carbocycles. The van der Waals surface area contributed by atoms with Crippen molar-refractivity contribution in [3.8, 4) is 0 Å². The van der Waals surface area contributed by atoms with Crippen LogP contribution in [0.5, 0.6) is 0 Å². The van der Waals surface area contributed by atoms with Gasteiger partial charge in [0.1, 0.15) is 5.69 Å². The van der Waals surface area contributed by atoms with Crippen molar-refractivity contribution in [2.45, 2.75) is 75.6 Å². The summed E-state index contributed by atoms with van der Waals surface area (Å²) in [5, 5.41) is 0.458. The number of hydrogen-bond acceptors (Lipinski definition) is 7. The Morgan fingerprint density at radius 3 is 2.18 bits per heavy atom. The van der Waals surface area contributed by atoms with Crippen LogP contribution in [0.15, 0.2) is 65.6 Å². The number of fused-ring (bicyclic) bond motifs is 1. The van der Waals surface area contributed by atoms with Crippen LogP contribution in [0.4, 0.5) is 0 Å². The van der Waals surface area contributed by atoms with Crippen molar-refractivity contribution in [3.05, 3.63) is 66.4 Å². The van der Waals surface area contributed by atoms with Gasteiger partial charge < -0.3 is 13.9 Å². The van der Waals surface area contributed by atoms with Crippen LogP contribution in [-0.4, -0.2) is 56.9 Å². The lowest BCUT2D eigenvalue weighted by Crippen LogP contribution is -2.45. The van der Waals surface area contributed by atoms with Crippen molar-refractivity contribution in [1.82, 2.24) is 3.97 Å². The smallest absolute Gasteiger partial charge is 0.268 e. The van der Waals surface area contributed by atoms with E-state index in [1.807, 2.05) is 13.1 Å². The van der Waals surface area contributed by atoms with E-state index in [1.54, 1.807) is 56.3 Å². The number of ether oxygens (including phenoxy) is 2. The molecule has 0 saturated carbocycles. The first kappa shape index (κ1) is 28.4. The van der Waals surface area contributed by atoms with Crippen LogP contribution in [0, 0.1) is 0 Å². The van der Waals surface area contributed by atoms with Crippen LogP contribution in [-0.2, 0) is 28.7 Å². The van der Waals surface area contributed by atoms with Crippen LogP contribution in [0.25, 0.3) is 10.9 Å². The number of aromatic nitrogens is 1. The predicted molar refractivity (Wildman–Crippen MR) is 147 cm³/mol. The van der Waals surface area contributed by atoms with E-state index in [2.05, 4.69) is 20.8 Å². The van der Waals surface area contributed by atoms with Crippen molar-refractivity contribution < 1.29 is 31.9 Å². The molecule has 1 saturated heterocycles. The highest BCUT2D eigenvalue weighted by Gasteiger charge is 2.50. The molecule has 1 fully saturated rings. The summed E-state index contributed by atoms with van der Waals surface area (Å²) in [6, 6.07) is 16.2. The molecular formula is C28H35NO7SSi.